The first-order valence-electron chi connectivity index (χ1n) is 13.1. The molecule has 2 atom stereocenters. The van der Waals surface area contributed by atoms with Gasteiger partial charge in [-0.25, -0.2) is 19.5 Å². The van der Waals surface area contributed by atoms with E-state index >= 15 is 4.39 Å². The number of alkyl halides is 3. The van der Waals surface area contributed by atoms with Crippen LogP contribution in [0.4, 0.5) is 23.2 Å². The lowest BCUT2D eigenvalue weighted by Gasteiger charge is -2.31. The highest BCUT2D eigenvalue weighted by molar-refractivity contribution is 5.86. The molecule has 4 aromatic rings. The van der Waals surface area contributed by atoms with E-state index in [1.807, 2.05) is 5.10 Å². The van der Waals surface area contributed by atoms with Crippen LogP contribution < -0.4 is 16.4 Å². The average molecular weight is 573 g/mol. The fraction of sp³-hybridized carbons (Fsp3) is 0.393. The molecule has 3 heterocycles. The topological polar surface area (TPSA) is 126 Å². The van der Waals surface area contributed by atoms with Crippen LogP contribution in [0.15, 0.2) is 52.6 Å². The Hall–Kier alpha value is -4.13. The number of nitrogens with zero attached hydrogens (tertiary/aromatic N) is 4. The van der Waals surface area contributed by atoms with Crippen LogP contribution in [0.1, 0.15) is 50.7 Å². The number of aromatic amines is 1. The average Bonchev–Trinajstić information content (AvgIpc) is 2.89. The van der Waals surface area contributed by atoms with E-state index in [2.05, 4.69) is 20.4 Å². The second kappa shape index (κ2) is 10.7. The number of pyridine rings is 1. The SMILES string of the molecule is CC(C)(O)c1cnc(-c2cc3ccn(C[C@@H]4CCC[C@H](Nc5cn[nH]c(=O)c5C(F)(F)F)C4)c(=O)c3cc2F)nc1. The van der Waals surface area contributed by atoms with Gasteiger partial charge in [0, 0.05) is 36.7 Å². The van der Waals surface area contributed by atoms with Crippen molar-refractivity contribution in [1.82, 2.24) is 24.7 Å². The minimum atomic E-state index is -4.84. The smallest absolute Gasteiger partial charge is 0.386 e. The molecule has 41 heavy (non-hydrogen) atoms. The molecule has 1 aromatic carbocycles. The number of aliphatic hydroxyl groups is 1. The fourth-order valence-electron chi connectivity index (χ4n) is 5.28. The number of aromatic nitrogens is 5. The van der Waals surface area contributed by atoms with Gasteiger partial charge in [-0.05, 0) is 62.6 Å². The first-order chi connectivity index (χ1) is 19.3. The molecule has 0 bridgehead atoms. The summed E-state index contributed by atoms with van der Waals surface area (Å²) in [6.45, 7) is 3.48. The minimum absolute atomic E-state index is 0.0347. The second-order valence-corrected chi connectivity index (χ2v) is 10.9. The van der Waals surface area contributed by atoms with Crippen molar-refractivity contribution in [2.24, 2.45) is 5.92 Å². The zero-order valence-electron chi connectivity index (χ0n) is 22.3. The van der Waals surface area contributed by atoms with Gasteiger partial charge < -0.3 is 15.0 Å². The Morgan fingerprint density at radius 3 is 2.54 bits per heavy atom. The lowest BCUT2D eigenvalue weighted by Crippen LogP contribution is -2.33. The maximum atomic E-state index is 15.1. The first kappa shape index (κ1) is 28.4. The van der Waals surface area contributed by atoms with E-state index in [1.54, 1.807) is 26.1 Å². The predicted molar refractivity (Wildman–Crippen MR) is 144 cm³/mol. The monoisotopic (exact) mass is 572 g/mol. The van der Waals surface area contributed by atoms with Crippen LogP contribution in [0.2, 0.25) is 0 Å². The second-order valence-electron chi connectivity index (χ2n) is 10.9. The Morgan fingerprint density at radius 1 is 1.12 bits per heavy atom. The molecular formula is C28H28F4N6O3. The summed E-state index contributed by atoms with van der Waals surface area (Å²) in [5, 5.41) is 18.9. The number of hydrogen-bond donors (Lipinski definition) is 3. The predicted octanol–water partition coefficient (Wildman–Crippen LogP) is 4.60. The normalized spacial score (nSPS) is 18.0. The summed E-state index contributed by atoms with van der Waals surface area (Å²) in [5.74, 6) is -0.587. The van der Waals surface area contributed by atoms with Gasteiger partial charge in [-0.1, -0.05) is 6.42 Å². The van der Waals surface area contributed by atoms with Crippen molar-refractivity contribution < 1.29 is 22.7 Å². The summed E-state index contributed by atoms with van der Waals surface area (Å²) in [5.41, 5.74) is -3.96. The number of fused-ring (bicyclic) bond motifs is 1. The molecule has 3 N–H and O–H groups in total. The summed E-state index contributed by atoms with van der Waals surface area (Å²) in [6, 6.07) is 4.00. The van der Waals surface area contributed by atoms with Crippen molar-refractivity contribution in [2.45, 2.75) is 63.9 Å². The Balaban J connectivity index is 1.35. The molecule has 5 rings (SSSR count). The van der Waals surface area contributed by atoms with Crippen molar-refractivity contribution in [3.8, 4) is 11.4 Å². The van der Waals surface area contributed by atoms with Crippen molar-refractivity contribution in [3.05, 3.63) is 80.6 Å². The molecule has 1 aliphatic rings. The third-order valence-electron chi connectivity index (χ3n) is 7.40. The van der Waals surface area contributed by atoms with Crippen LogP contribution in [-0.2, 0) is 18.3 Å². The Labute approximate surface area is 231 Å². The largest absolute Gasteiger partial charge is 0.423 e. The van der Waals surface area contributed by atoms with Gasteiger partial charge in [-0.3, -0.25) is 9.59 Å². The van der Waals surface area contributed by atoms with Crippen molar-refractivity contribution in [3.63, 3.8) is 0 Å². The molecule has 0 unspecified atom stereocenters. The molecule has 13 heteroatoms. The standard InChI is InChI=1S/C28H28F4N6O3/c1-27(2,41)17-11-33-24(34-12-17)20-9-16-6-7-38(26(40)19(16)10-21(20)29)14-15-4-3-5-18(8-15)36-22-13-35-37-25(39)23(22)28(30,31)32/h6-7,9-13,15,18,41H,3-5,8,14H2,1-2H3,(H2,36,37,39)/t15-,18+/m1/s1. The maximum Gasteiger partial charge on any atom is 0.423 e. The number of H-pyrrole nitrogens is 1. The number of halogens is 4. The van der Waals surface area contributed by atoms with Gasteiger partial charge in [0.05, 0.1) is 28.4 Å². The van der Waals surface area contributed by atoms with Crippen LogP contribution in [0, 0.1) is 11.7 Å². The zero-order chi connectivity index (χ0) is 29.5. The molecule has 0 saturated heterocycles. The van der Waals surface area contributed by atoms with Gasteiger partial charge in [0.1, 0.15) is 11.4 Å². The van der Waals surface area contributed by atoms with Gasteiger partial charge in [-0.15, -0.1) is 0 Å². The lowest BCUT2D eigenvalue weighted by molar-refractivity contribution is -0.138. The van der Waals surface area contributed by atoms with Gasteiger partial charge in [0.25, 0.3) is 11.1 Å². The summed E-state index contributed by atoms with van der Waals surface area (Å²) in [4.78, 5) is 33.4. The van der Waals surface area contributed by atoms with Crippen LogP contribution in [0.3, 0.4) is 0 Å². The highest BCUT2D eigenvalue weighted by atomic mass is 19.4. The molecule has 1 saturated carbocycles. The summed E-state index contributed by atoms with van der Waals surface area (Å²) in [6.07, 6.45) is 3.12. The van der Waals surface area contributed by atoms with Crippen molar-refractivity contribution in [1.29, 1.82) is 0 Å². The molecule has 1 fully saturated rings. The van der Waals surface area contributed by atoms with E-state index < -0.39 is 28.7 Å². The highest BCUT2D eigenvalue weighted by Crippen LogP contribution is 2.34. The number of anilines is 1. The van der Waals surface area contributed by atoms with E-state index in [0.717, 1.165) is 18.7 Å². The lowest BCUT2D eigenvalue weighted by atomic mass is 9.85. The Bertz CT molecular complexity index is 1690. The van der Waals surface area contributed by atoms with Gasteiger partial charge in [-0.2, -0.15) is 18.3 Å². The third kappa shape index (κ3) is 5.99. The van der Waals surface area contributed by atoms with Crippen molar-refractivity contribution in [2.75, 3.05) is 5.32 Å². The maximum absolute atomic E-state index is 15.1. The fourth-order valence-corrected chi connectivity index (χ4v) is 5.28. The molecule has 1 aliphatic carbocycles. The summed E-state index contributed by atoms with van der Waals surface area (Å²) in [7, 11) is 0. The van der Waals surface area contributed by atoms with E-state index in [4.69, 9.17) is 0 Å². The van der Waals surface area contributed by atoms with E-state index in [9.17, 15) is 27.9 Å². The Morgan fingerprint density at radius 2 is 1.85 bits per heavy atom. The summed E-state index contributed by atoms with van der Waals surface area (Å²) < 4.78 is 56.9. The first-order valence-corrected chi connectivity index (χ1v) is 13.1. The van der Waals surface area contributed by atoms with E-state index in [1.165, 1.54) is 23.0 Å². The van der Waals surface area contributed by atoms with Gasteiger partial charge in [0.2, 0.25) is 0 Å². The number of rotatable bonds is 6. The van der Waals surface area contributed by atoms with E-state index in [0.29, 0.717) is 36.8 Å². The quantitative estimate of drug-likeness (QED) is 0.289. The molecule has 216 valence electrons. The molecule has 0 amide bonds. The van der Waals surface area contributed by atoms with Crippen LogP contribution in [0.5, 0.6) is 0 Å². The van der Waals surface area contributed by atoms with E-state index in [-0.39, 0.29) is 40.0 Å². The molecule has 3 aromatic heterocycles. The molecule has 0 aliphatic heterocycles. The van der Waals surface area contributed by atoms with Crippen LogP contribution in [0.25, 0.3) is 22.2 Å². The van der Waals surface area contributed by atoms with Gasteiger partial charge >= 0.3 is 6.18 Å². The van der Waals surface area contributed by atoms with Crippen LogP contribution >= 0.6 is 0 Å². The summed E-state index contributed by atoms with van der Waals surface area (Å²) >= 11 is 0. The molecule has 0 radical (unpaired) electrons. The third-order valence-corrected chi connectivity index (χ3v) is 7.40. The minimum Gasteiger partial charge on any atom is -0.386 e. The van der Waals surface area contributed by atoms with Gasteiger partial charge in [0.15, 0.2) is 5.82 Å². The zero-order valence-corrected chi connectivity index (χ0v) is 22.3. The molecule has 9 nitrogen and oxygen atoms in total. The molecule has 0 spiro atoms. The molecular weight excluding hydrogens is 544 g/mol. The van der Waals surface area contributed by atoms with Crippen molar-refractivity contribution >= 4 is 16.5 Å². The number of nitrogens with one attached hydrogen (secondary N) is 2. The number of benzene rings is 1. The highest BCUT2D eigenvalue weighted by Gasteiger charge is 2.38. The number of hydrogen-bond acceptors (Lipinski definition) is 7. The Kier molecular flexibility index (Phi) is 7.41. The van der Waals surface area contributed by atoms with Crippen LogP contribution in [-0.4, -0.2) is 35.9 Å².